The lowest BCUT2D eigenvalue weighted by Crippen LogP contribution is -2.28. The van der Waals surface area contributed by atoms with Crippen molar-refractivity contribution in [3.05, 3.63) is 50.4 Å². The first kappa shape index (κ1) is 18.8. The molecule has 0 amide bonds. The molecule has 2 aromatic rings. The minimum atomic E-state index is -0.862. The van der Waals surface area contributed by atoms with Crippen molar-refractivity contribution in [1.29, 1.82) is 0 Å². The molecule has 0 unspecified atom stereocenters. The number of ether oxygens (including phenoxy) is 1. The summed E-state index contributed by atoms with van der Waals surface area (Å²) >= 11 is 0. The summed E-state index contributed by atoms with van der Waals surface area (Å²) in [5.41, 5.74) is -0.776. The number of fused-ring (bicyclic) bond motifs is 2. The molecule has 3 N–H and O–H groups in total. The van der Waals surface area contributed by atoms with Crippen molar-refractivity contribution in [2.75, 3.05) is 13.7 Å². The standard InChI is InChI=1S/C19H18O8/c1-8(21)3-9-4-13-16(17(23)12(9)7-20)18(24)15-11(19(25)26-2)5-10(22)6-14(15)27-13/h5-6,8,20-22H,3-4,7H2,1-2H3/t8-/m0/s1. The highest BCUT2D eigenvalue weighted by molar-refractivity contribution is 6.13. The fourth-order valence-electron chi connectivity index (χ4n) is 3.32. The number of carbonyl (C=O) groups is 2. The Kier molecular flexibility index (Phi) is 4.86. The lowest BCUT2D eigenvalue weighted by Gasteiger charge is -2.21. The maximum atomic E-state index is 13.0. The van der Waals surface area contributed by atoms with Crippen molar-refractivity contribution < 1.29 is 34.1 Å². The Bertz CT molecular complexity index is 1040. The molecule has 8 heteroatoms. The van der Waals surface area contributed by atoms with Crippen LogP contribution in [0.25, 0.3) is 11.0 Å². The van der Waals surface area contributed by atoms with Gasteiger partial charge >= 0.3 is 5.97 Å². The van der Waals surface area contributed by atoms with Gasteiger partial charge in [-0.25, -0.2) is 4.79 Å². The fraction of sp³-hybridized carbons (Fsp3) is 0.316. The maximum absolute atomic E-state index is 13.0. The molecule has 1 aromatic heterocycles. The molecule has 0 bridgehead atoms. The van der Waals surface area contributed by atoms with Crippen LogP contribution in [0, 0.1) is 0 Å². The van der Waals surface area contributed by atoms with Crippen LogP contribution in [0.15, 0.2) is 32.5 Å². The van der Waals surface area contributed by atoms with Crippen LogP contribution in [0.3, 0.4) is 0 Å². The molecule has 1 aliphatic carbocycles. The smallest absolute Gasteiger partial charge is 0.338 e. The van der Waals surface area contributed by atoms with Crippen molar-refractivity contribution in [3.8, 4) is 5.75 Å². The van der Waals surface area contributed by atoms with Crippen LogP contribution in [0.5, 0.6) is 5.75 Å². The molecule has 142 valence electrons. The van der Waals surface area contributed by atoms with E-state index in [-0.39, 0.29) is 52.0 Å². The van der Waals surface area contributed by atoms with E-state index in [0.29, 0.717) is 5.57 Å². The molecule has 1 aromatic carbocycles. The predicted octanol–water partition coefficient (Wildman–Crippen LogP) is 1.08. The van der Waals surface area contributed by atoms with Crippen LogP contribution in [0.1, 0.15) is 39.8 Å². The monoisotopic (exact) mass is 374 g/mol. The van der Waals surface area contributed by atoms with Gasteiger partial charge in [-0.3, -0.25) is 9.59 Å². The third kappa shape index (κ3) is 3.13. The molecular formula is C19H18O8. The first-order chi connectivity index (χ1) is 12.8. The van der Waals surface area contributed by atoms with E-state index in [4.69, 9.17) is 4.42 Å². The summed E-state index contributed by atoms with van der Waals surface area (Å²) in [7, 11) is 1.12. The number of aliphatic hydroxyl groups is 2. The van der Waals surface area contributed by atoms with E-state index in [1.165, 1.54) is 6.07 Å². The molecule has 0 spiro atoms. The van der Waals surface area contributed by atoms with Gasteiger partial charge in [-0.15, -0.1) is 0 Å². The highest BCUT2D eigenvalue weighted by Gasteiger charge is 2.32. The van der Waals surface area contributed by atoms with E-state index in [0.717, 1.165) is 13.2 Å². The summed E-state index contributed by atoms with van der Waals surface area (Å²) in [6, 6.07) is 2.24. The molecule has 0 radical (unpaired) electrons. The molecule has 0 saturated heterocycles. The van der Waals surface area contributed by atoms with Gasteiger partial charge in [0.1, 0.15) is 22.7 Å². The first-order valence-corrected chi connectivity index (χ1v) is 8.24. The first-order valence-electron chi connectivity index (χ1n) is 8.24. The van der Waals surface area contributed by atoms with Crippen LogP contribution >= 0.6 is 0 Å². The number of ketones is 1. The Labute approximate surface area is 153 Å². The van der Waals surface area contributed by atoms with E-state index in [9.17, 15) is 29.7 Å². The molecule has 8 nitrogen and oxygen atoms in total. The number of benzene rings is 1. The van der Waals surface area contributed by atoms with Crippen molar-refractivity contribution >= 4 is 22.7 Å². The lowest BCUT2D eigenvalue weighted by molar-refractivity contribution is 0.0602. The highest BCUT2D eigenvalue weighted by Crippen LogP contribution is 2.31. The Morgan fingerprint density at radius 1 is 1.33 bits per heavy atom. The Morgan fingerprint density at radius 3 is 2.63 bits per heavy atom. The van der Waals surface area contributed by atoms with Crippen molar-refractivity contribution in [2.45, 2.75) is 25.9 Å². The zero-order chi connectivity index (χ0) is 19.9. The molecule has 1 aliphatic rings. The second-order valence-electron chi connectivity index (χ2n) is 6.39. The molecular weight excluding hydrogens is 356 g/mol. The Hall–Kier alpha value is -2.97. The van der Waals surface area contributed by atoms with Crippen LogP contribution in [0.2, 0.25) is 0 Å². The summed E-state index contributed by atoms with van der Waals surface area (Å²) < 4.78 is 10.3. The Morgan fingerprint density at radius 2 is 2.04 bits per heavy atom. The van der Waals surface area contributed by atoms with Crippen LogP contribution in [-0.4, -0.2) is 46.9 Å². The van der Waals surface area contributed by atoms with E-state index in [1.54, 1.807) is 6.92 Å². The van der Waals surface area contributed by atoms with Gasteiger partial charge in [0.25, 0.3) is 0 Å². The number of hydrogen-bond acceptors (Lipinski definition) is 8. The third-order valence-electron chi connectivity index (χ3n) is 4.46. The normalized spacial score (nSPS) is 15.0. The molecule has 27 heavy (non-hydrogen) atoms. The Balaban J connectivity index is 2.32. The number of aromatic hydroxyl groups is 1. The zero-order valence-corrected chi connectivity index (χ0v) is 14.7. The summed E-state index contributed by atoms with van der Waals surface area (Å²) in [4.78, 5) is 37.8. The second kappa shape index (κ2) is 6.98. The highest BCUT2D eigenvalue weighted by atomic mass is 16.5. The number of aliphatic hydroxyl groups excluding tert-OH is 2. The van der Waals surface area contributed by atoms with Crippen molar-refractivity contribution in [3.63, 3.8) is 0 Å². The molecule has 3 rings (SSSR count). The predicted molar refractivity (Wildman–Crippen MR) is 93.9 cm³/mol. The van der Waals surface area contributed by atoms with E-state index in [1.807, 2.05) is 0 Å². The van der Waals surface area contributed by atoms with E-state index >= 15 is 0 Å². The number of esters is 1. The van der Waals surface area contributed by atoms with Gasteiger partial charge in [0, 0.05) is 18.1 Å². The number of carbonyl (C=O) groups excluding carboxylic acids is 2. The van der Waals surface area contributed by atoms with Crippen LogP contribution < -0.4 is 5.43 Å². The minimum Gasteiger partial charge on any atom is -0.508 e. The SMILES string of the molecule is COC(=O)c1cc(O)cc2oc3c(c(=O)c12)C(=O)C(CO)=C(C[C@H](C)O)C3. The average molecular weight is 374 g/mol. The fourth-order valence-corrected chi connectivity index (χ4v) is 3.32. The van der Waals surface area contributed by atoms with Gasteiger partial charge < -0.3 is 24.5 Å². The number of rotatable bonds is 4. The van der Waals surface area contributed by atoms with E-state index in [2.05, 4.69) is 4.74 Å². The van der Waals surface area contributed by atoms with Crippen LogP contribution in [0.4, 0.5) is 0 Å². The minimum absolute atomic E-state index is 0.0356. The van der Waals surface area contributed by atoms with E-state index < -0.39 is 29.9 Å². The van der Waals surface area contributed by atoms with Gasteiger partial charge in [-0.05, 0) is 19.4 Å². The summed E-state index contributed by atoms with van der Waals surface area (Å²) in [6.45, 7) is 0.955. The number of methoxy groups -OCH3 is 1. The van der Waals surface area contributed by atoms with Gasteiger partial charge in [0.05, 0.1) is 30.8 Å². The van der Waals surface area contributed by atoms with Gasteiger partial charge in [-0.1, -0.05) is 5.57 Å². The zero-order valence-electron chi connectivity index (χ0n) is 14.7. The summed E-state index contributed by atoms with van der Waals surface area (Å²) in [5, 5.41) is 28.9. The molecule has 1 atom stereocenters. The number of Topliss-reactive ketones (excluding diaryl/α,β-unsaturated/α-hetero) is 1. The summed E-state index contributed by atoms with van der Waals surface area (Å²) in [5.74, 6) is -1.80. The number of hydrogen-bond donors (Lipinski definition) is 3. The largest absolute Gasteiger partial charge is 0.508 e. The summed E-state index contributed by atoms with van der Waals surface area (Å²) in [6.07, 6.45) is -0.565. The van der Waals surface area contributed by atoms with Gasteiger partial charge in [-0.2, -0.15) is 0 Å². The van der Waals surface area contributed by atoms with Crippen LogP contribution in [-0.2, 0) is 11.2 Å². The van der Waals surface area contributed by atoms with Gasteiger partial charge in [0.2, 0.25) is 5.43 Å². The second-order valence-corrected chi connectivity index (χ2v) is 6.39. The topological polar surface area (TPSA) is 134 Å². The number of phenols is 1. The third-order valence-corrected chi connectivity index (χ3v) is 4.46. The average Bonchev–Trinajstić information content (AvgIpc) is 2.59. The quantitative estimate of drug-likeness (QED) is 0.677. The van der Waals surface area contributed by atoms with Gasteiger partial charge in [0.15, 0.2) is 5.78 Å². The van der Waals surface area contributed by atoms with Crippen molar-refractivity contribution in [1.82, 2.24) is 0 Å². The molecule has 1 heterocycles. The van der Waals surface area contributed by atoms with Crippen molar-refractivity contribution in [2.24, 2.45) is 0 Å². The maximum Gasteiger partial charge on any atom is 0.338 e. The molecule has 0 aliphatic heterocycles. The molecule has 0 fully saturated rings. The molecule has 0 saturated carbocycles. The number of phenolic OH excluding ortho intramolecular Hbond substituents is 1. The lowest BCUT2D eigenvalue weighted by atomic mass is 9.85.